The number of carbonyl (C=O) groups excluding carboxylic acids is 2. The highest BCUT2D eigenvalue weighted by molar-refractivity contribution is 6.00. The molecule has 0 aliphatic rings. The summed E-state index contributed by atoms with van der Waals surface area (Å²) in [7, 11) is 1.51. The maximum absolute atomic E-state index is 12.0. The van der Waals surface area contributed by atoms with E-state index in [0.29, 0.717) is 18.1 Å². The summed E-state index contributed by atoms with van der Waals surface area (Å²) < 4.78 is 16.2. The smallest absolute Gasteiger partial charge is 0.308 e. The average molecular weight is 362 g/mol. The standard InChI is InChI=1S/C21H30O5/c1-5-6-7-8-9-10-11-12-13-25-19-14-18(24-4)15-20(26-17(3)23)21(19)16(2)22/h8-9,14-15H,5-7,10-13H2,1-4H3/b9-8-. The maximum atomic E-state index is 12.0. The lowest BCUT2D eigenvalue weighted by molar-refractivity contribution is -0.131. The third kappa shape index (κ3) is 7.72. The first-order valence-electron chi connectivity index (χ1n) is 9.18. The van der Waals surface area contributed by atoms with Crippen molar-refractivity contribution < 1.29 is 23.8 Å². The van der Waals surface area contributed by atoms with Gasteiger partial charge in [-0.25, -0.2) is 0 Å². The Labute approximate surface area is 156 Å². The van der Waals surface area contributed by atoms with Crippen molar-refractivity contribution >= 4 is 11.8 Å². The predicted molar refractivity (Wildman–Crippen MR) is 102 cm³/mol. The lowest BCUT2D eigenvalue weighted by Crippen LogP contribution is -2.09. The topological polar surface area (TPSA) is 61.8 Å². The lowest BCUT2D eigenvalue weighted by Gasteiger charge is -2.15. The fourth-order valence-corrected chi connectivity index (χ4v) is 2.48. The fraction of sp³-hybridized carbons (Fsp3) is 0.524. The highest BCUT2D eigenvalue weighted by Crippen LogP contribution is 2.35. The van der Waals surface area contributed by atoms with Gasteiger partial charge in [0.15, 0.2) is 5.78 Å². The van der Waals surface area contributed by atoms with Crippen LogP contribution in [0.15, 0.2) is 24.3 Å². The summed E-state index contributed by atoms with van der Waals surface area (Å²) >= 11 is 0. The molecule has 0 aliphatic heterocycles. The number of benzene rings is 1. The zero-order valence-corrected chi connectivity index (χ0v) is 16.3. The Kier molecular flexibility index (Phi) is 10.1. The minimum absolute atomic E-state index is 0.165. The molecule has 0 bridgehead atoms. The van der Waals surface area contributed by atoms with E-state index >= 15 is 0 Å². The molecule has 0 aromatic heterocycles. The monoisotopic (exact) mass is 362 g/mol. The Morgan fingerprint density at radius 2 is 1.65 bits per heavy atom. The van der Waals surface area contributed by atoms with Crippen LogP contribution < -0.4 is 14.2 Å². The lowest BCUT2D eigenvalue weighted by atomic mass is 10.1. The number of rotatable bonds is 12. The quantitative estimate of drug-likeness (QED) is 0.170. The van der Waals surface area contributed by atoms with E-state index in [0.717, 1.165) is 25.7 Å². The van der Waals surface area contributed by atoms with Crippen molar-refractivity contribution in [3.05, 3.63) is 29.8 Å². The van der Waals surface area contributed by atoms with Crippen LogP contribution in [0.4, 0.5) is 0 Å². The van der Waals surface area contributed by atoms with Gasteiger partial charge in [-0.3, -0.25) is 9.59 Å². The van der Waals surface area contributed by atoms with Crippen molar-refractivity contribution in [1.29, 1.82) is 0 Å². The largest absolute Gasteiger partial charge is 0.496 e. The van der Waals surface area contributed by atoms with Crippen LogP contribution in [0.1, 0.15) is 69.7 Å². The second-order valence-corrected chi connectivity index (χ2v) is 6.11. The van der Waals surface area contributed by atoms with E-state index in [4.69, 9.17) is 14.2 Å². The molecule has 0 amide bonds. The van der Waals surface area contributed by atoms with Crippen LogP contribution in [0, 0.1) is 0 Å². The van der Waals surface area contributed by atoms with Gasteiger partial charge in [0.2, 0.25) is 0 Å². The van der Waals surface area contributed by atoms with Gasteiger partial charge in [-0.15, -0.1) is 0 Å². The summed E-state index contributed by atoms with van der Waals surface area (Å²) in [5.41, 5.74) is 0.264. The molecule has 1 aromatic rings. The second kappa shape index (κ2) is 12.1. The molecule has 0 unspecified atom stereocenters. The van der Waals surface area contributed by atoms with E-state index in [-0.39, 0.29) is 17.1 Å². The summed E-state index contributed by atoms with van der Waals surface area (Å²) in [5.74, 6) is 0.296. The number of hydrogen-bond acceptors (Lipinski definition) is 5. The number of unbranched alkanes of at least 4 members (excludes halogenated alkanes) is 4. The van der Waals surface area contributed by atoms with Gasteiger partial charge in [-0.05, 0) is 32.6 Å². The molecule has 0 N–H and O–H groups in total. The van der Waals surface area contributed by atoms with Gasteiger partial charge in [0, 0.05) is 19.1 Å². The van der Waals surface area contributed by atoms with Gasteiger partial charge < -0.3 is 14.2 Å². The van der Waals surface area contributed by atoms with Crippen LogP contribution >= 0.6 is 0 Å². The van der Waals surface area contributed by atoms with Crippen LogP contribution in [-0.2, 0) is 4.79 Å². The Morgan fingerprint density at radius 1 is 1.00 bits per heavy atom. The minimum atomic E-state index is -0.499. The predicted octanol–water partition coefficient (Wildman–Crippen LogP) is 5.12. The van der Waals surface area contributed by atoms with E-state index in [1.54, 1.807) is 6.07 Å². The van der Waals surface area contributed by atoms with Crippen molar-refractivity contribution in [2.75, 3.05) is 13.7 Å². The van der Waals surface area contributed by atoms with Crippen LogP contribution in [0.3, 0.4) is 0 Å². The molecule has 5 nitrogen and oxygen atoms in total. The Hall–Kier alpha value is -2.30. The number of ketones is 1. The van der Waals surface area contributed by atoms with Crippen molar-refractivity contribution in [3.63, 3.8) is 0 Å². The van der Waals surface area contributed by atoms with Gasteiger partial charge in [0.05, 0.1) is 13.7 Å². The van der Waals surface area contributed by atoms with Crippen LogP contribution in [0.2, 0.25) is 0 Å². The van der Waals surface area contributed by atoms with E-state index in [1.165, 1.54) is 39.9 Å². The second-order valence-electron chi connectivity index (χ2n) is 6.11. The Balaban J connectivity index is 2.68. The van der Waals surface area contributed by atoms with Crippen LogP contribution in [0.5, 0.6) is 17.2 Å². The minimum Gasteiger partial charge on any atom is -0.496 e. The molecule has 0 saturated carbocycles. The molecule has 144 valence electrons. The number of hydrogen-bond donors (Lipinski definition) is 0. The molecule has 5 heteroatoms. The van der Waals surface area contributed by atoms with Crippen LogP contribution in [-0.4, -0.2) is 25.5 Å². The zero-order valence-electron chi connectivity index (χ0n) is 16.3. The number of allylic oxidation sites excluding steroid dienone is 2. The van der Waals surface area contributed by atoms with Crippen molar-refractivity contribution in [3.8, 4) is 17.2 Å². The highest BCUT2D eigenvalue weighted by atomic mass is 16.5. The molecular formula is C21H30O5. The molecule has 0 spiro atoms. The van der Waals surface area contributed by atoms with Gasteiger partial charge in [0.1, 0.15) is 22.8 Å². The molecule has 1 aromatic carbocycles. The van der Waals surface area contributed by atoms with E-state index in [2.05, 4.69) is 19.1 Å². The Bertz CT molecular complexity index is 619. The van der Waals surface area contributed by atoms with E-state index in [1.807, 2.05) is 0 Å². The first-order chi connectivity index (χ1) is 12.5. The normalized spacial score (nSPS) is 10.8. The molecule has 0 aliphatic carbocycles. The molecule has 0 heterocycles. The number of Topliss-reactive ketones (excluding diaryl/α,β-unsaturated/α-hetero) is 1. The van der Waals surface area contributed by atoms with Crippen molar-refractivity contribution in [2.45, 2.75) is 59.3 Å². The van der Waals surface area contributed by atoms with E-state index in [9.17, 15) is 9.59 Å². The summed E-state index contributed by atoms with van der Waals surface area (Å²) in [6.45, 7) is 5.38. The molecule has 0 radical (unpaired) electrons. The molecule has 26 heavy (non-hydrogen) atoms. The molecular weight excluding hydrogens is 332 g/mol. The summed E-state index contributed by atoms with van der Waals surface area (Å²) in [6.07, 6.45) is 10.9. The molecule has 0 atom stereocenters. The molecule has 0 fully saturated rings. The van der Waals surface area contributed by atoms with Gasteiger partial charge in [0.25, 0.3) is 0 Å². The maximum Gasteiger partial charge on any atom is 0.308 e. The van der Waals surface area contributed by atoms with Gasteiger partial charge in [-0.1, -0.05) is 31.9 Å². The number of esters is 1. The molecule has 1 rings (SSSR count). The molecule has 0 saturated heterocycles. The number of methoxy groups -OCH3 is 1. The average Bonchev–Trinajstić information content (AvgIpc) is 2.59. The summed E-state index contributed by atoms with van der Waals surface area (Å²) in [5, 5.41) is 0. The van der Waals surface area contributed by atoms with Crippen LogP contribution in [0.25, 0.3) is 0 Å². The SMILES string of the molecule is CCCC/C=C\CCCCOc1cc(OC)cc(OC(C)=O)c1C(C)=O. The van der Waals surface area contributed by atoms with E-state index < -0.39 is 5.97 Å². The first-order valence-corrected chi connectivity index (χ1v) is 9.18. The number of ether oxygens (including phenoxy) is 3. The van der Waals surface area contributed by atoms with Gasteiger partial charge in [-0.2, -0.15) is 0 Å². The number of carbonyl (C=O) groups is 2. The summed E-state index contributed by atoms with van der Waals surface area (Å²) in [6, 6.07) is 3.17. The van der Waals surface area contributed by atoms with Crippen molar-refractivity contribution in [1.82, 2.24) is 0 Å². The van der Waals surface area contributed by atoms with Gasteiger partial charge >= 0.3 is 5.97 Å². The van der Waals surface area contributed by atoms with Crippen molar-refractivity contribution in [2.24, 2.45) is 0 Å². The fourth-order valence-electron chi connectivity index (χ4n) is 2.48. The summed E-state index contributed by atoms with van der Waals surface area (Å²) in [4.78, 5) is 23.3. The first kappa shape index (κ1) is 21.7. The Morgan fingerprint density at radius 3 is 2.23 bits per heavy atom. The third-order valence-corrected chi connectivity index (χ3v) is 3.79. The highest BCUT2D eigenvalue weighted by Gasteiger charge is 2.19. The zero-order chi connectivity index (χ0) is 19.4. The third-order valence-electron chi connectivity index (χ3n) is 3.79.